The lowest BCUT2D eigenvalue weighted by Crippen LogP contribution is -2.51. The Labute approximate surface area is 131 Å². The Morgan fingerprint density at radius 3 is 2.73 bits per heavy atom. The average Bonchev–Trinajstić information content (AvgIpc) is 2.77. The van der Waals surface area contributed by atoms with Crippen LogP contribution in [0.15, 0.2) is 23.8 Å². The van der Waals surface area contributed by atoms with E-state index >= 15 is 0 Å². The molecule has 1 aliphatic heterocycles. The number of hydrogen-bond acceptors (Lipinski definition) is 3. The third kappa shape index (κ3) is 1.63. The highest BCUT2D eigenvalue weighted by atomic mass is 16.5. The number of ether oxygens (including phenoxy) is 1. The third-order valence-electron chi connectivity index (χ3n) is 7.18. The lowest BCUT2D eigenvalue weighted by Gasteiger charge is -2.56. The SMILES string of the molecule is C=C1C[C@@H]2[C@H](CC[C@]3(C)C(=O)OC[C@@H]23)[C@@]2(C)CCC(=O)C=C12. The summed E-state index contributed by atoms with van der Waals surface area (Å²) in [5, 5.41) is 0. The van der Waals surface area contributed by atoms with Gasteiger partial charge in [0.15, 0.2) is 5.78 Å². The molecule has 4 rings (SSSR count). The second-order valence-electron chi connectivity index (χ2n) is 8.18. The first-order valence-electron chi connectivity index (χ1n) is 8.46. The van der Waals surface area contributed by atoms with Crippen LogP contribution in [0.3, 0.4) is 0 Å². The molecule has 0 spiro atoms. The number of carbonyl (C=O) groups is 2. The van der Waals surface area contributed by atoms with Crippen LogP contribution in [0.2, 0.25) is 0 Å². The summed E-state index contributed by atoms with van der Waals surface area (Å²) in [5.74, 6) is 1.56. The number of fused-ring (bicyclic) bond motifs is 5. The Hall–Kier alpha value is -1.38. The summed E-state index contributed by atoms with van der Waals surface area (Å²) in [6, 6.07) is 0. The quantitative estimate of drug-likeness (QED) is 0.644. The van der Waals surface area contributed by atoms with Crippen molar-refractivity contribution in [1.82, 2.24) is 0 Å². The van der Waals surface area contributed by atoms with Crippen LogP contribution in [0.4, 0.5) is 0 Å². The van der Waals surface area contributed by atoms with E-state index in [-0.39, 0.29) is 22.6 Å². The van der Waals surface area contributed by atoms with Gasteiger partial charge in [0.05, 0.1) is 12.0 Å². The summed E-state index contributed by atoms with van der Waals surface area (Å²) in [7, 11) is 0. The fourth-order valence-electron chi connectivity index (χ4n) is 5.78. The van der Waals surface area contributed by atoms with Gasteiger partial charge in [0.2, 0.25) is 0 Å². The van der Waals surface area contributed by atoms with Crippen LogP contribution in [0.25, 0.3) is 0 Å². The zero-order valence-corrected chi connectivity index (χ0v) is 13.5. The van der Waals surface area contributed by atoms with E-state index in [1.807, 2.05) is 6.08 Å². The van der Waals surface area contributed by atoms with Crippen LogP contribution < -0.4 is 0 Å². The Morgan fingerprint density at radius 1 is 1.18 bits per heavy atom. The van der Waals surface area contributed by atoms with E-state index < -0.39 is 0 Å². The van der Waals surface area contributed by atoms with E-state index in [1.54, 1.807) is 0 Å². The normalized spacial score (nSPS) is 47.3. The molecule has 3 heteroatoms. The lowest BCUT2D eigenvalue weighted by molar-refractivity contribution is -0.148. The van der Waals surface area contributed by atoms with E-state index in [0.29, 0.717) is 30.8 Å². The van der Waals surface area contributed by atoms with Crippen LogP contribution in [0, 0.1) is 28.6 Å². The van der Waals surface area contributed by atoms with Crippen molar-refractivity contribution >= 4 is 11.8 Å². The summed E-state index contributed by atoms with van der Waals surface area (Å²) in [4.78, 5) is 24.1. The fourth-order valence-corrected chi connectivity index (χ4v) is 5.78. The summed E-state index contributed by atoms with van der Waals surface area (Å²) in [5.41, 5.74) is 2.06. The van der Waals surface area contributed by atoms with Gasteiger partial charge in [-0.1, -0.05) is 19.1 Å². The Balaban J connectivity index is 1.76. The highest BCUT2D eigenvalue weighted by Crippen LogP contribution is 2.63. The molecule has 0 aromatic rings. The summed E-state index contributed by atoms with van der Waals surface area (Å²) in [6.45, 7) is 9.25. The maximum atomic E-state index is 12.2. The maximum Gasteiger partial charge on any atom is 0.312 e. The molecule has 1 heterocycles. The van der Waals surface area contributed by atoms with E-state index in [2.05, 4.69) is 20.4 Å². The van der Waals surface area contributed by atoms with E-state index in [0.717, 1.165) is 31.3 Å². The van der Waals surface area contributed by atoms with Gasteiger partial charge >= 0.3 is 5.97 Å². The molecule has 5 atom stereocenters. The third-order valence-corrected chi connectivity index (χ3v) is 7.18. The molecule has 0 unspecified atom stereocenters. The molecule has 0 N–H and O–H groups in total. The van der Waals surface area contributed by atoms with Crippen molar-refractivity contribution in [3.8, 4) is 0 Å². The molecular formula is C19H24O3. The van der Waals surface area contributed by atoms with Gasteiger partial charge in [-0.05, 0) is 61.5 Å². The number of carbonyl (C=O) groups excluding carboxylic acids is 2. The number of esters is 1. The second-order valence-corrected chi connectivity index (χ2v) is 8.18. The predicted molar refractivity (Wildman–Crippen MR) is 83.0 cm³/mol. The van der Waals surface area contributed by atoms with Crippen LogP contribution in [-0.2, 0) is 14.3 Å². The van der Waals surface area contributed by atoms with Crippen molar-refractivity contribution in [1.29, 1.82) is 0 Å². The first-order chi connectivity index (χ1) is 10.4. The van der Waals surface area contributed by atoms with Crippen molar-refractivity contribution in [2.45, 2.75) is 46.0 Å². The van der Waals surface area contributed by atoms with Crippen molar-refractivity contribution in [2.24, 2.45) is 28.6 Å². The maximum absolute atomic E-state index is 12.2. The average molecular weight is 300 g/mol. The van der Waals surface area contributed by atoms with Crippen molar-refractivity contribution < 1.29 is 14.3 Å². The molecule has 4 aliphatic rings. The van der Waals surface area contributed by atoms with Crippen LogP contribution in [0.1, 0.15) is 46.0 Å². The van der Waals surface area contributed by atoms with Gasteiger partial charge in [0.25, 0.3) is 0 Å². The lowest BCUT2D eigenvalue weighted by atomic mass is 9.47. The minimum atomic E-state index is -0.302. The molecule has 0 bridgehead atoms. The highest BCUT2D eigenvalue weighted by molar-refractivity contribution is 5.92. The van der Waals surface area contributed by atoms with Gasteiger partial charge in [-0.3, -0.25) is 9.59 Å². The molecule has 0 aromatic heterocycles. The first-order valence-corrected chi connectivity index (χ1v) is 8.46. The van der Waals surface area contributed by atoms with Gasteiger partial charge in [0.1, 0.15) is 0 Å². The number of ketones is 1. The summed E-state index contributed by atoms with van der Waals surface area (Å²) >= 11 is 0. The second kappa shape index (κ2) is 4.33. The van der Waals surface area contributed by atoms with Crippen LogP contribution >= 0.6 is 0 Å². The molecule has 118 valence electrons. The zero-order chi connectivity index (χ0) is 15.7. The number of hydrogen-bond donors (Lipinski definition) is 0. The van der Waals surface area contributed by atoms with Crippen molar-refractivity contribution in [3.05, 3.63) is 23.8 Å². The minimum absolute atomic E-state index is 0.00752. The van der Waals surface area contributed by atoms with Crippen molar-refractivity contribution in [2.75, 3.05) is 6.61 Å². The highest BCUT2D eigenvalue weighted by Gasteiger charge is 2.61. The molecule has 0 radical (unpaired) electrons. The monoisotopic (exact) mass is 300 g/mol. The van der Waals surface area contributed by atoms with E-state index in [9.17, 15) is 9.59 Å². The Morgan fingerprint density at radius 2 is 1.95 bits per heavy atom. The zero-order valence-electron chi connectivity index (χ0n) is 13.5. The molecule has 0 aromatic carbocycles. The number of rotatable bonds is 0. The summed E-state index contributed by atoms with van der Waals surface area (Å²) < 4.78 is 5.44. The van der Waals surface area contributed by atoms with Crippen molar-refractivity contribution in [3.63, 3.8) is 0 Å². The van der Waals surface area contributed by atoms with E-state index in [1.165, 1.54) is 5.57 Å². The molecule has 3 fully saturated rings. The molecule has 3 nitrogen and oxygen atoms in total. The van der Waals surface area contributed by atoms with Gasteiger partial charge in [-0.25, -0.2) is 0 Å². The Bertz CT molecular complexity index is 616. The molecule has 22 heavy (non-hydrogen) atoms. The molecule has 0 amide bonds. The molecule has 3 aliphatic carbocycles. The van der Waals surface area contributed by atoms with Gasteiger partial charge in [0, 0.05) is 12.3 Å². The van der Waals surface area contributed by atoms with E-state index in [4.69, 9.17) is 4.74 Å². The van der Waals surface area contributed by atoms with Gasteiger partial charge in [-0.15, -0.1) is 0 Å². The Kier molecular flexibility index (Phi) is 2.80. The fraction of sp³-hybridized carbons (Fsp3) is 0.684. The molecule has 1 saturated heterocycles. The summed E-state index contributed by atoms with van der Waals surface area (Å²) in [6.07, 6.45) is 6.31. The first kappa shape index (κ1) is 14.2. The smallest absolute Gasteiger partial charge is 0.312 e. The molecule has 2 saturated carbocycles. The largest absolute Gasteiger partial charge is 0.465 e. The molecular weight excluding hydrogens is 276 g/mol. The number of cyclic esters (lactones) is 1. The number of allylic oxidation sites excluding steroid dienone is 3. The standard InChI is InChI=1S/C19H24O3/c1-11-8-13-14(18(2)6-4-12(20)9-15(11)18)5-7-19(3)16(13)10-22-17(19)21/h9,13-14,16H,1,4-8,10H2,2-3H3/t13-,14+,16+,18-,19+/m1/s1. The predicted octanol–water partition coefficient (Wildman–Crippen LogP) is 3.45. The van der Waals surface area contributed by atoms with Crippen LogP contribution in [-0.4, -0.2) is 18.4 Å². The minimum Gasteiger partial charge on any atom is -0.465 e. The van der Waals surface area contributed by atoms with Gasteiger partial charge < -0.3 is 4.74 Å². The van der Waals surface area contributed by atoms with Gasteiger partial charge in [-0.2, -0.15) is 0 Å². The van der Waals surface area contributed by atoms with Crippen LogP contribution in [0.5, 0.6) is 0 Å². The topological polar surface area (TPSA) is 43.4 Å².